The highest BCUT2D eigenvalue weighted by Gasteiger charge is 2.61. The van der Waals surface area contributed by atoms with Crippen LogP contribution in [-0.4, -0.2) is 17.2 Å². The van der Waals surface area contributed by atoms with Crippen molar-refractivity contribution in [3.8, 4) is 89.7 Å². The van der Waals surface area contributed by atoms with Crippen molar-refractivity contribution < 1.29 is 47.5 Å². The Morgan fingerprint density at radius 3 is 1.32 bits per heavy atom. The highest BCUT2D eigenvalue weighted by Crippen LogP contribution is 2.67. The molecule has 7 aromatic heterocycles. The third kappa shape index (κ3) is 12.8. The Morgan fingerprint density at radius 2 is 0.742 bits per heavy atom. The summed E-state index contributed by atoms with van der Waals surface area (Å²) in [5, 5.41) is 5.99. The highest BCUT2D eigenvalue weighted by molar-refractivity contribution is 7.04. The summed E-state index contributed by atoms with van der Waals surface area (Å²) in [5.74, 6) is 0. The zero-order valence-electron chi connectivity index (χ0n) is 96.0. The van der Waals surface area contributed by atoms with Gasteiger partial charge in [0.25, 0.3) is 0 Å². The fourth-order valence-electron chi connectivity index (χ4n) is 23.3. The van der Waals surface area contributed by atoms with E-state index in [9.17, 15) is 0 Å². The topological polar surface area (TPSA) is 29.3 Å². The lowest BCUT2D eigenvalue weighted by molar-refractivity contribution is -0.661. The maximum absolute atomic E-state index is 9.07. The van der Waals surface area contributed by atoms with Gasteiger partial charge in [-0.3, -0.25) is 0 Å². The van der Waals surface area contributed by atoms with E-state index in [1.165, 1.54) is 60.8 Å². The molecule has 7 nitrogen and oxygen atoms in total. The van der Waals surface area contributed by atoms with Crippen LogP contribution in [0, 0.1) is 69.1 Å². The standard InChI is InChI=1S/C30H28N.C29H28N.C22H21N2.C22H24NSi.C21H21N2/c1-19-13-15-22-23-16-14-20(2)26-27(23)30(25(22)18-19,21-10-7-6-8-11-21)29(3,4)24-12-9-17-31(5)28(24)26;1-19-13-15-23-24-16-14-20(2)26(28-21(3)10-9-17-30(28)5)27(24)29(4,25(23)18-19)22-11-7-6-8-12-22;1-14-11-12-16-15-8-5-6-10-18(15)24-20(16)19(14)21-17(22(24,2)3)9-7-13-23(21)4;1-15-12-13-18-17-10-6-7-11-19(17)24(4,5)22(18)20(15)21-16(2)9-8-14-23(21)3;1-14-11-12-17-16-9-5-6-10-18(16)23(4)21(17)19(14)20-15(2)8-7-13-22(20)3/h6-18H,1-5H3;6-18H,1-5H3;5-13H,1-4H3;6-14H,1-5H3;5-13H,1-4H3/q5*+1/i3D3;3D2;2D3,3D3;2D2,4D3;2D2. The average Bonchev–Trinajstić information content (AvgIpc) is 1.45. The van der Waals surface area contributed by atoms with Crippen LogP contribution >= 0.6 is 0 Å². The number of pyridine rings is 5. The van der Waals surface area contributed by atoms with Crippen LogP contribution in [-0.2, 0) is 64.1 Å². The van der Waals surface area contributed by atoms with Crippen LogP contribution in [0.15, 0.2) is 322 Å². The zero-order valence-corrected chi connectivity index (χ0v) is 79.0. The smallest absolute Gasteiger partial charge is 0.220 e. The molecule has 12 aromatic carbocycles. The second-order valence-electron chi connectivity index (χ2n) is 37.5. The summed E-state index contributed by atoms with van der Waals surface area (Å²) < 4.78 is 166. The predicted octanol–water partition coefficient (Wildman–Crippen LogP) is 25.6. The van der Waals surface area contributed by atoms with Gasteiger partial charge in [-0.25, -0.2) is 22.8 Å². The van der Waals surface area contributed by atoms with Crippen molar-refractivity contribution in [3.05, 3.63) is 422 Å². The van der Waals surface area contributed by atoms with Crippen LogP contribution in [0.3, 0.4) is 0 Å². The fourth-order valence-corrected chi connectivity index (χ4v) is 26.3. The molecule has 19 aromatic rings. The van der Waals surface area contributed by atoms with E-state index in [0.29, 0.717) is 27.9 Å². The molecule has 0 bridgehead atoms. The minimum atomic E-state index is -3.10. The molecule has 8 heteroatoms. The van der Waals surface area contributed by atoms with Crippen LogP contribution in [0.2, 0.25) is 13.0 Å². The molecule has 0 saturated heterocycles. The number of hydrogen-bond donors (Lipinski definition) is 0. The number of aryl methyl sites for hydroxylation is 16. The Morgan fingerprint density at radius 1 is 0.318 bits per heavy atom. The SMILES string of the molecule is [2H]C([2H])([2H])C1(C([2H])([2H])[2H])c2ccc[n+](C)c2-c2c(C)ccc3c4ccccc4n1c23.[2H]C([2H])([2H])C1(C)c2ccc[n+](C)c2-c2c(C)ccc3c2C1(c1ccccc1)c1cc(C)ccc1-3.[2H]C([2H])c1ccc[n+](C)c1-c1c(C)ccc2c1C(C)(c1ccccc1)c1cc(C)ccc1-2.[2H]C([2H])c1ccc[n+](C)c1-c1c(C)ccc2c1[Si](C)(C([2H])([2H])[2H])c1ccccc1-2.[2H]C([2H])c1ccc[n+](C)c1-c1c(C)ccc2c3ccccc3n(C)c12. The van der Waals surface area contributed by atoms with E-state index in [4.69, 9.17) is 24.7 Å². The van der Waals surface area contributed by atoms with E-state index < -0.39 is 72.1 Å². The van der Waals surface area contributed by atoms with E-state index in [-0.39, 0.29) is 5.41 Å². The van der Waals surface area contributed by atoms with E-state index >= 15 is 0 Å². The summed E-state index contributed by atoms with van der Waals surface area (Å²) in [6.07, 6.45) is 9.77. The zero-order chi connectivity index (χ0) is 107. The molecule has 0 fully saturated rings. The first-order valence-electron chi connectivity index (χ1n) is 54.9. The Labute approximate surface area is 806 Å². The van der Waals surface area contributed by atoms with Crippen LogP contribution in [0.4, 0.5) is 0 Å². The third-order valence-electron chi connectivity index (χ3n) is 29.3. The second-order valence-corrected chi connectivity index (χ2v) is 40.8. The Bertz CT molecular complexity index is 8720. The second kappa shape index (κ2) is 32.1. The molecule has 0 spiro atoms. The Balaban J connectivity index is 0.000000114. The maximum Gasteiger partial charge on any atom is 0.220 e. The minimum absolute atomic E-state index is 0.303. The molecule has 0 amide bonds. The molecule has 652 valence electrons. The average molecular weight is 1760 g/mol. The van der Waals surface area contributed by atoms with E-state index in [0.717, 1.165) is 155 Å². The molecule has 2 aliphatic heterocycles. The number of aromatic nitrogens is 7. The van der Waals surface area contributed by atoms with Gasteiger partial charge >= 0.3 is 0 Å². The Kier molecular flexibility index (Phi) is 16.4. The van der Waals surface area contributed by atoms with E-state index in [1.807, 2.05) is 241 Å². The van der Waals surface area contributed by atoms with Crippen molar-refractivity contribution in [2.75, 3.05) is 0 Å². The van der Waals surface area contributed by atoms with Gasteiger partial charge in [0.15, 0.2) is 31.0 Å². The first-order valence-corrected chi connectivity index (χ1v) is 47.9. The lowest BCUT2D eigenvalue weighted by atomic mass is 9.50. The maximum atomic E-state index is 9.07. The molecule has 0 saturated carbocycles. The monoisotopic (exact) mass is 1760 g/mol. The van der Waals surface area contributed by atoms with Gasteiger partial charge in [0, 0.05) is 139 Å². The largest absolute Gasteiger partial charge is 0.343 e. The molecular weight excluding hydrogens is 1620 g/mol. The van der Waals surface area contributed by atoms with Crippen LogP contribution in [0.25, 0.3) is 133 Å². The van der Waals surface area contributed by atoms with Crippen LogP contribution < -0.4 is 33.2 Å². The first-order chi connectivity index (χ1) is 71.1. The van der Waals surface area contributed by atoms with Crippen molar-refractivity contribution in [3.63, 3.8) is 0 Å². The Hall–Kier alpha value is -13.8. The normalized spacial score (nSPS) is 19.7. The lowest BCUT2D eigenvalue weighted by Gasteiger charge is -2.50. The molecule has 3 aliphatic carbocycles. The molecule has 0 radical (unpaired) electrons. The predicted molar refractivity (Wildman–Crippen MR) is 552 cm³/mol. The molecule has 4 atom stereocenters. The van der Waals surface area contributed by atoms with E-state index in [2.05, 4.69) is 202 Å². The van der Waals surface area contributed by atoms with Gasteiger partial charge in [-0.05, 0) is 237 Å². The molecule has 4 unspecified atom stereocenters. The van der Waals surface area contributed by atoms with E-state index in [1.54, 1.807) is 22.8 Å². The quantitative estimate of drug-likeness (QED) is 0.121. The van der Waals surface area contributed by atoms with Gasteiger partial charge in [-0.2, -0.15) is 0 Å². The summed E-state index contributed by atoms with van der Waals surface area (Å²) in [5.41, 5.74) is 33.5. The van der Waals surface area contributed by atoms with Crippen LogP contribution in [0.1, 0.15) is 159 Å². The lowest BCUT2D eigenvalue weighted by Crippen LogP contribution is -2.51. The van der Waals surface area contributed by atoms with Crippen molar-refractivity contribution in [1.29, 1.82) is 0 Å². The van der Waals surface area contributed by atoms with Gasteiger partial charge in [0.2, 0.25) is 28.5 Å². The van der Waals surface area contributed by atoms with Crippen molar-refractivity contribution in [1.82, 2.24) is 9.13 Å². The summed E-state index contributed by atoms with van der Waals surface area (Å²) in [6, 6.07) is 98.0. The molecule has 24 rings (SSSR count). The van der Waals surface area contributed by atoms with Crippen molar-refractivity contribution in [2.45, 2.75) is 138 Å². The van der Waals surface area contributed by atoms with Gasteiger partial charge in [0.05, 0.1) is 44.2 Å². The number of para-hydroxylation sites is 2. The number of benzene rings is 12. The molecule has 9 heterocycles. The van der Waals surface area contributed by atoms with Gasteiger partial charge in [0.1, 0.15) is 43.3 Å². The minimum Gasteiger partial charge on any atom is -0.343 e. The summed E-state index contributed by atoms with van der Waals surface area (Å²) >= 11 is 0. The summed E-state index contributed by atoms with van der Waals surface area (Å²) in [6.45, 7) is 7.60. The third-order valence-corrected chi connectivity index (χ3v) is 32.4. The summed E-state index contributed by atoms with van der Waals surface area (Å²) in [7, 11) is 8.76. The fraction of sp³-hybridized carbons (Fsp3) is 0.218. The first kappa shape index (κ1) is 67.4. The number of rotatable bonds is 5. The number of hydrogen-bond acceptors (Lipinski definition) is 0. The summed E-state index contributed by atoms with van der Waals surface area (Å²) in [4.78, 5) is 0. The van der Waals surface area contributed by atoms with Gasteiger partial charge < -0.3 is 9.13 Å². The van der Waals surface area contributed by atoms with Crippen molar-refractivity contribution in [2.24, 2.45) is 42.3 Å². The molecule has 132 heavy (non-hydrogen) atoms. The van der Waals surface area contributed by atoms with Gasteiger partial charge in [-0.1, -0.05) is 256 Å². The highest BCUT2D eigenvalue weighted by atomic mass is 28.3. The van der Waals surface area contributed by atoms with Crippen LogP contribution in [0.5, 0.6) is 0 Å². The number of fused-ring (bicyclic) bond motifs is 19. The molecule has 0 N–H and O–H groups in total. The van der Waals surface area contributed by atoms with Crippen molar-refractivity contribution >= 4 is 62.1 Å². The van der Waals surface area contributed by atoms with Gasteiger partial charge in [-0.15, -0.1) is 0 Å². The molecular formula is C124H122N7Si+5. The molecule has 5 aliphatic rings. The number of nitrogens with zero attached hydrogens (tertiary/aromatic N) is 7.